The SMILES string of the molecule is CC(Cl)OC(=O)OC1CCCC(CC2(C)CCC(O)CC2)C1. The van der Waals surface area contributed by atoms with Crippen LogP contribution in [0.25, 0.3) is 0 Å². The number of aliphatic hydroxyl groups excluding tert-OH is 1. The standard InChI is InChI=1S/C17H29ClO4/c1-12(18)21-16(20)22-15-5-3-4-13(10-15)11-17(2)8-6-14(19)7-9-17/h12-15,19H,3-11H2,1-2H3. The number of carbonyl (C=O) groups is 1. The van der Waals surface area contributed by atoms with E-state index in [9.17, 15) is 9.90 Å². The zero-order chi connectivity index (χ0) is 16.2. The molecule has 0 spiro atoms. The largest absolute Gasteiger partial charge is 0.510 e. The monoisotopic (exact) mass is 332 g/mol. The van der Waals surface area contributed by atoms with E-state index in [2.05, 4.69) is 6.92 Å². The number of halogens is 1. The summed E-state index contributed by atoms with van der Waals surface area (Å²) in [6, 6.07) is 0. The van der Waals surface area contributed by atoms with Gasteiger partial charge in [-0.15, -0.1) is 0 Å². The molecule has 3 unspecified atom stereocenters. The van der Waals surface area contributed by atoms with Crippen LogP contribution in [0.4, 0.5) is 4.79 Å². The molecule has 1 N–H and O–H groups in total. The fraction of sp³-hybridized carbons (Fsp3) is 0.941. The second kappa shape index (κ2) is 7.87. The lowest BCUT2D eigenvalue weighted by Crippen LogP contribution is -2.32. The highest BCUT2D eigenvalue weighted by atomic mass is 35.5. The first kappa shape index (κ1) is 17.9. The van der Waals surface area contributed by atoms with Gasteiger partial charge in [0.15, 0.2) is 5.56 Å². The molecule has 0 aromatic carbocycles. The molecule has 0 amide bonds. The summed E-state index contributed by atoms with van der Waals surface area (Å²) in [5, 5.41) is 9.68. The molecule has 2 aliphatic rings. The molecule has 0 heterocycles. The summed E-state index contributed by atoms with van der Waals surface area (Å²) in [6.07, 6.45) is 8.54. The Labute approximate surface area is 138 Å². The molecule has 0 radical (unpaired) electrons. The van der Waals surface area contributed by atoms with Crippen molar-refractivity contribution >= 4 is 17.8 Å². The molecule has 0 aromatic heterocycles. The number of aliphatic hydroxyl groups is 1. The molecule has 5 heteroatoms. The molecular formula is C17H29ClO4. The van der Waals surface area contributed by atoms with Gasteiger partial charge in [0, 0.05) is 0 Å². The van der Waals surface area contributed by atoms with Gasteiger partial charge in [-0.1, -0.05) is 24.9 Å². The van der Waals surface area contributed by atoms with Crippen molar-refractivity contribution < 1.29 is 19.4 Å². The van der Waals surface area contributed by atoms with Gasteiger partial charge in [0.1, 0.15) is 6.10 Å². The number of rotatable bonds is 4. The summed E-state index contributed by atoms with van der Waals surface area (Å²) in [5.74, 6) is 0.597. The minimum atomic E-state index is -0.653. The Kier molecular flexibility index (Phi) is 6.39. The fourth-order valence-electron chi connectivity index (χ4n) is 4.03. The van der Waals surface area contributed by atoms with E-state index in [-0.39, 0.29) is 12.2 Å². The summed E-state index contributed by atoms with van der Waals surface area (Å²) >= 11 is 5.63. The third kappa shape index (κ3) is 5.62. The first-order valence-electron chi connectivity index (χ1n) is 8.56. The molecule has 0 aliphatic heterocycles. The molecular weight excluding hydrogens is 304 g/mol. The average molecular weight is 333 g/mol. The van der Waals surface area contributed by atoms with Gasteiger partial charge in [0.2, 0.25) is 0 Å². The number of hydrogen-bond donors (Lipinski definition) is 1. The molecule has 0 bridgehead atoms. The van der Waals surface area contributed by atoms with Crippen molar-refractivity contribution in [3.8, 4) is 0 Å². The third-order valence-electron chi connectivity index (χ3n) is 5.20. The lowest BCUT2D eigenvalue weighted by molar-refractivity contribution is -0.00932. The summed E-state index contributed by atoms with van der Waals surface area (Å²) in [5.41, 5.74) is -0.323. The van der Waals surface area contributed by atoms with Gasteiger partial charge in [-0.05, 0) is 69.6 Å². The van der Waals surface area contributed by atoms with Crippen molar-refractivity contribution in [1.29, 1.82) is 0 Å². The Hall–Kier alpha value is -0.480. The van der Waals surface area contributed by atoms with E-state index >= 15 is 0 Å². The Balaban J connectivity index is 1.79. The summed E-state index contributed by atoms with van der Waals surface area (Å²) in [7, 11) is 0. The van der Waals surface area contributed by atoms with Crippen LogP contribution in [0.3, 0.4) is 0 Å². The smallest absolute Gasteiger partial charge is 0.431 e. The van der Waals surface area contributed by atoms with Crippen LogP contribution in [0, 0.1) is 11.3 Å². The van der Waals surface area contributed by atoms with Crippen LogP contribution in [-0.2, 0) is 9.47 Å². The zero-order valence-corrected chi connectivity index (χ0v) is 14.5. The van der Waals surface area contributed by atoms with E-state index < -0.39 is 11.7 Å². The van der Waals surface area contributed by atoms with Crippen LogP contribution in [0.2, 0.25) is 0 Å². The van der Waals surface area contributed by atoms with Gasteiger partial charge in [-0.3, -0.25) is 0 Å². The highest BCUT2D eigenvalue weighted by Gasteiger charge is 2.35. The minimum Gasteiger partial charge on any atom is -0.431 e. The van der Waals surface area contributed by atoms with Crippen molar-refractivity contribution in [2.75, 3.05) is 0 Å². The highest BCUT2D eigenvalue weighted by Crippen LogP contribution is 2.44. The van der Waals surface area contributed by atoms with E-state index in [1.165, 1.54) is 12.8 Å². The Bertz CT molecular complexity index is 364. The van der Waals surface area contributed by atoms with Crippen molar-refractivity contribution in [2.24, 2.45) is 11.3 Å². The lowest BCUT2D eigenvalue weighted by atomic mass is 9.67. The van der Waals surface area contributed by atoms with Crippen molar-refractivity contribution in [1.82, 2.24) is 0 Å². The Morgan fingerprint density at radius 3 is 2.64 bits per heavy atom. The van der Waals surface area contributed by atoms with Gasteiger partial charge >= 0.3 is 6.16 Å². The van der Waals surface area contributed by atoms with E-state index in [4.69, 9.17) is 21.1 Å². The van der Waals surface area contributed by atoms with Crippen molar-refractivity contribution in [3.63, 3.8) is 0 Å². The van der Waals surface area contributed by atoms with Gasteiger partial charge in [-0.2, -0.15) is 0 Å². The van der Waals surface area contributed by atoms with E-state index in [1.807, 2.05) is 0 Å². The molecule has 3 atom stereocenters. The minimum absolute atomic E-state index is 0.0422. The van der Waals surface area contributed by atoms with Gasteiger partial charge in [-0.25, -0.2) is 4.79 Å². The normalized spacial score (nSPS) is 37.4. The highest BCUT2D eigenvalue weighted by molar-refractivity contribution is 6.19. The predicted octanol–water partition coefficient (Wildman–Crippen LogP) is 4.61. The fourth-order valence-corrected chi connectivity index (χ4v) is 4.10. The second-order valence-electron chi connectivity index (χ2n) is 7.43. The number of alkyl halides is 1. The molecule has 0 saturated heterocycles. The maximum atomic E-state index is 11.6. The van der Waals surface area contributed by atoms with Gasteiger partial charge in [0.25, 0.3) is 0 Å². The molecule has 2 aliphatic carbocycles. The maximum absolute atomic E-state index is 11.6. The van der Waals surface area contributed by atoms with Crippen molar-refractivity contribution in [3.05, 3.63) is 0 Å². The van der Waals surface area contributed by atoms with E-state index in [0.29, 0.717) is 11.3 Å². The number of carbonyl (C=O) groups excluding carboxylic acids is 1. The third-order valence-corrected chi connectivity index (χ3v) is 5.29. The Morgan fingerprint density at radius 2 is 2.00 bits per heavy atom. The van der Waals surface area contributed by atoms with Crippen molar-refractivity contribution in [2.45, 2.75) is 89.4 Å². The van der Waals surface area contributed by atoms with Gasteiger partial charge < -0.3 is 14.6 Å². The summed E-state index contributed by atoms with van der Waals surface area (Å²) in [6.45, 7) is 3.94. The number of hydrogen-bond acceptors (Lipinski definition) is 4. The molecule has 4 nitrogen and oxygen atoms in total. The topological polar surface area (TPSA) is 55.8 Å². The zero-order valence-electron chi connectivity index (χ0n) is 13.7. The quantitative estimate of drug-likeness (QED) is 0.603. The lowest BCUT2D eigenvalue weighted by Gasteiger charge is -2.40. The molecule has 0 aromatic rings. The Morgan fingerprint density at radius 1 is 1.32 bits per heavy atom. The van der Waals surface area contributed by atoms with Crippen LogP contribution >= 0.6 is 11.6 Å². The van der Waals surface area contributed by atoms with Crippen LogP contribution in [0.15, 0.2) is 0 Å². The summed E-state index contributed by atoms with van der Waals surface area (Å²) in [4.78, 5) is 11.6. The van der Waals surface area contributed by atoms with E-state index in [1.54, 1.807) is 6.92 Å². The predicted molar refractivity (Wildman–Crippen MR) is 85.8 cm³/mol. The number of ether oxygens (including phenoxy) is 2. The molecule has 2 saturated carbocycles. The average Bonchev–Trinajstić information content (AvgIpc) is 2.42. The summed E-state index contributed by atoms with van der Waals surface area (Å²) < 4.78 is 10.2. The van der Waals surface area contributed by atoms with Crippen LogP contribution in [-0.4, -0.2) is 29.0 Å². The first-order chi connectivity index (χ1) is 10.4. The van der Waals surface area contributed by atoms with Crippen LogP contribution in [0.5, 0.6) is 0 Å². The maximum Gasteiger partial charge on any atom is 0.510 e. The second-order valence-corrected chi connectivity index (χ2v) is 8.04. The van der Waals surface area contributed by atoms with E-state index in [0.717, 1.165) is 44.9 Å². The molecule has 128 valence electrons. The first-order valence-corrected chi connectivity index (χ1v) is 8.99. The molecule has 22 heavy (non-hydrogen) atoms. The molecule has 2 fully saturated rings. The van der Waals surface area contributed by atoms with Gasteiger partial charge in [0.05, 0.1) is 6.10 Å². The molecule has 2 rings (SSSR count). The van der Waals surface area contributed by atoms with Crippen LogP contribution < -0.4 is 0 Å². The van der Waals surface area contributed by atoms with Crippen LogP contribution in [0.1, 0.15) is 71.6 Å².